The van der Waals surface area contributed by atoms with Crippen molar-refractivity contribution >= 4 is 0 Å². The van der Waals surface area contributed by atoms with Crippen molar-refractivity contribution in [1.82, 2.24) is 24.5 Å². The zero-order chi connectivity index (χ0) is 19.0. The standard InChI is InChI=1S/C18H19N5O4/c1-11-8-22(18(26)19-17(11)25)16-7-14(15(10-24)27-16)23-9-13(20-21-23)12-5-3-2-4-6-12/h2-6,8-9,14-16,24H,7,10H2,1H3,(H,19,25,26)/t14-,15+,16?/m0/s1. The second-order valence-corrected chi connectivity index (χ2v) is 6.54. The zero-order valence-electron chi connectivity index (χ0n) is 14.6. The van der Waals surface area contributed by atoms with Gasteiger partial charge in [-0.05, 0) is 6.92 Å². The van der Waals surface area contributed by atoms with Crippen molar-refractivity contribution in [3.05, 3.63) is 69.1 Å². The molecule has 1 aliphatic rings. The highest BCUT2D eigenvalue weighted by atomic mass is 16.5. The number of aliphatic hydroxyl groups excluding tert-OH is 1. The van der Waals surface area contributed by atoms with E-state index in [1.165, 1.54) is 10.8 Å². The van der Waals surface area contributed by atoms with Crippen molar-refractivity contribution in [2.45, 2.75) is 31.7 Å². The van der Waals surface area contributed by atoms with Crippen LogP contribution in [0.15, 0.2) is 52.3 Å². The van der Waals surface area contributed by atoms with Gasteiger partial charge in [0.05, 0.1) is 18.8 Å². The summed E-state index contributed by atoms with van der Waals surface area (Å²) in [5.74, 6) is 0. The first kappa shape index (κ1) is 17.4. The van der Waals surface area contributed by atoms with Gasteiger partial charge >= 0.3 is 5.69 Å². The van der Waals surface area contributed by atoms with E-state index >= 15 is 0 Å². The summed E-state index contributed by atoms with van der Waals surface area (Å²) in [6.45, 7) is 1.40. The molecule has 4 rings (SSSR count). The van der Waals surface area contributed by atoms with Crippen LogP contribution in [-0.2, 0) is 4.74 Å². The van der Waals surface area contributed by atoms with Crippen LogP contribution in [0.3, 0.4) is 0 Å². The third kappa shape index (κ3) is 3.22. The minimum absolute atomic E-state index is 0.223. The lowest BCUT2D eigenvalue weighted by Crippen LogP contribution is -2.33. The average molecular weight is 369 g/mol. The number of aromatic nitrogens is 5. The number of hydrogen-bond donors (Lipinski definition) is 2. The molecule has 1 aliphatic heterocycles. The van der Waals surface area contributed by atoms with Crippen LogP contribution in [0.1, 0.15) is 24.3 Å². The van der Waals surface area contributed by atoms with E-state index in [1.54, 1.807) is 17.8 Å². The third-order valence-electron chi connectivity index (χ3n) is 4.76. The van der Waals surface area contributed by atoms with Gasteiger partial charge in [0.2, 0.25) is 0 Å². The van der Waals surface area contributed by atoms with E-state index in [9.17, 15) is 14.7 Å². The van der Waals surface area contributed by atoms with Crippen molar-refractivity contribution in [3.8, 4) is 11.3 Å². The number of nitrogens with zero attached hydrogens (tertiary/aromatic N) is 4. The predicted octanol–water partition coefficient (Wildman–Crippen LogP) is 0.625. The Kier molecular flexibility index (Phi) is 4.46. The van der Waals surface area contributed by atoms with Gasteiger partial charge in [-0.2, -0.15) is 0 Å². The summed E-state index contributed by atoms with van der Waals surface area (Å²) >= 11 is 0. The summed E-state index contributed by atoms with van der Waals surface area (Å²) in [6, 6.07) is 9.36. The van der Waals surface area contributed by atoms with E-state index in [1.807, 2.05) is 30.3 Å². The van der Waals surface area contributed by atoms with Crippen LogP contribution in [0.4, 0.5) is 0 Å². The topological polar surface area (TPSA) is 115 Å². The highest BCUT2D eigenvalue weighted by Gasteiger charge is 2.38. The molecule has 140 valence electrons. The molecule has 0 saturated carbocycles. The van der Waals surface area contributed by atoms with E-state index in [0.717, 1.165) is 5.56 Å². The Morgan fingerprint density at radius 3 is 2.78 bits per heavy atom. The number of nitrogens with one attached hydrogen (secondary N) is 1. The Labute approximate surface area is 153 Å². The molecule has 0 radical (unpaired) electrons. The van der Waals surface area contributed by atoms with E-state index in [2.05, 4.69) is 15.3 Å². The van der Waals surface area contributed by atoms with Gasteiger partial charge in [-0.3, -0.25) is 14.3 Å². The molecule has 0 aliphatic carbocycles. The molecule has 1 aromatic carbocycles. The number of rotatable bonds is 4. The Hall–Kier alpha value is -3.04. The van der Waals surface area contributed by atoms with Gasteiger partial charge in [0.1, 0.15) is 18.0 Å². The molecular formula is C18H19N5O4. The molecule has 1 saturated heterocycles. The summed E-state index contributed by atoms with van der Waals surface area (Å²) in [7, 11) is 0. The van der Waals surface area contributed by atoms with E-state index in [-0.39, 0.29) is 12.6 Å². The van der Waals surface area contributed by atoms with Crippen LogP contribution >= 0.6 is 0 Å². The third-order valence-corrected chi connectivity index (χ3v) is 4.76. The fourth-order valence-electron chi connectivity index (χ4n) is 3.31. The first-order valence-electron chi connectivity index (χ1n) is 8.62. The lowest BCUT2D eigenvalue weighted by atomic mass is 10.1. The lowest BCUT2D eigenvalue weighted by Gasteiger charge is -2.15. The van der Waals surface area contributed by atoms with Gasteiger partial charge in [0.25, 0.3) is 5.56 Å². The maximum Gasteiger partial charge on any atom is 0.330 e. The van der Waals surface area contributed by atoms with E-state index in [0.29, 0.717) is 17.7 Å². The second-order valence-electron chi connectivity index (χ2n) is 6.54. The van der Waals surface area contributed by atoms with Gasteiger partial charge in [0.15, 0.2) is 0 Å². The molecule has 0 amide bonds. The molecule has 0 bridgehead atoms. The van der Waals surface area contributed by atoms with Gasteiger partial charge in [-0.15, -0.1) is 5.10 Å². The SMILES string of the molecule is Cc1cn(C2C[C@H](n3cc(-c4ccccc4)nn3)[C@@H](CO)O2)c(=O)[nH]c1=O. The molecule has 0 spiro atoms. The van der Waals surface area contributed by atoms with Crippen LogP contribution in [0.2, 0.25) is 0 Å². The Balaban J connectivity index is 1.63. The maximum absolute atomic E-state index is 12.1. The largest absolute Gasteiger partial charge is 0.394 e. The highest BCUT2D eigenvalue weighted by Crippen LogP contribution is 2.36. The van der Waals surface area contributed by atoms with Crippen LogP contribution in [0.25, 0.3) is 11.3 Å². The molecule has 3 atom stereocenters. The monoisotopic (exact) mass is 369 g/mol. The quantitative estimate of drug-likeness (QED) is 0.697. The predicted molar refractivity (Wildman–Crippen MR) is 96.2 cm³/mol. The van der Waals surface area contributed by atoms with Gasteiger partial charge in [-0.25, -0.2) is 9.48 Å². The Morgan fingerprint density at radius 1 is 1.26 bits per heavy atom. The molecule has 1 unspecified atom stereocenters. The summed E-state index contributed by atoms with van der Waals surface area (Å²) in [5, 5.41) is 18.1. The van der Waals surface area contributed by atoms with Gasteiger partial charge in [-0.1, -0.05) is 35.5 Å². The van der Waals surface area contributed by atoms with E-state index in [4.69, 9.17) is 4.74 Å². The fourth-order valence-corrected chi connectivity index (χ4v) is 3.31. The summed E-state index contributed by atoms with van der Waals surface area (Å²) < 4.78 is 8.86. The van der Waals surface area contributed by atoms with Crippen molar-refractivity contribution in [1.29, 1.82) is 0 Å². The second kappa shape index (κ2) is 6.93. The zero-order valence-corrected chi connectivity index (χ0v) is 14.6. The molecule has 3 aromatic rings. The Morgan fingerprint density at radius 2 is 2.04 bits per heavy atom. The normalized spacial score (nSPS) is 22.2. The van der Waals surface area contributed by atoms with Crippen molar-refractivity contribution in [2.75, 3.05) is 6.61 Å². The van der Waals surface area contributed by atoms with Crippen molar-refractivity contribution < 1.29 is 9.84 Å². The van der Waals surface area contributed by atoms with Gasteiger partial charge in [0, 0.05) is 23.7 Å². The fraction of sp³-hybridized carbons (Fsp3) is 0.333. The lowest BCUT2D eigenvalue weighted by molar-refractivity contribution is -0.0323. The number of benzene rings is 1. The summed E-state index contributed by atoms with van der Waals surface area (Å²) in [4.78, 5) is 26.0. The molecule has 2 N–H and O–H groups in total. The van der Waals surface area contributed by atoms with Crippen molar-refractivity contribution in [3.63, 3.8) is 0 Å². The molecule has 9 nitrogen and oxygen atoms in total. The minimum atomic E-state index is -0.612. The van der Waals surface area contributed by atoms with Crippen LogP contribution in [0.5, 0.6) is 0 Å². The summed E-state index contributed by atoms with van der Waals surface area (Å²) in [5.41, 5.74) is 1.10. The molecule has 3 heterocycles. The number of aliphatic hydroxyl groups is 1. The number of ether oxygens (including phenoxy) is 1. The van der Waals surface area contributed by atoms with Crippen LogP contribution < -0.4 is 11.2 Å². The van der Waals surface area contributed by atoms with Crippen molar-refractivity contribution in [2.24, 2.45) is 0 Å². The van der Waals surface area contributed by atoms with Crippen LogP contribution in [0, 0.1) is 6.92 Å². The molecule has 27 heavy (non-hydrogen) atoms. The maximum atomic E-state index is 12.1. The van der Waals surface area contributed by atoms with E-state index < -0.39 is 23.6 Å². The average Bonchev–Trinajstić information content (AvgIpc) is 3.32. The number of aromatic amines is 1. The molecular weight excluding hydrogens is 350 g/mol. The van der Waals surface area contributed by atoms with Crippen LogP contribution in [-0.4, -0.2) is 42.4 Å². The first-order valence-corrected chi connectivity index (χ1v) is 8.62. The summed E-state index contributed by atoms with van der Waals surface area (Å²) in [6.07, 6.45) is 2.53. The Bertz CT molecular complexity index is 1060. The smallest absolute Gasteiger partial charge is 0.330 e. The molecule has 9 heteroatoms. The minimum Gasteiger partial charge on any atom is -0.394 e. The number of H-pyrrole nitrogens is 1. The molecule has 1 fully saturated rings. The first-order chi connectivity index (χ1) is 13.1. The number of hydrogen-bond acceptors (Lipinski definition) is 6. The highest BCUT2D eigenvalue weighted by molar-refractivity contribution is 5.57. The number of aryl methyl sites for hydroxylation is 1. The molecule has 2 aromatic heterocycles. The van der Waals surface area contributed by atoms with Gasteiger partial charge < -0.3 is 9.84 Å².